The quantitative estimate of drug-likeness (QED) is 0.601. The summed E-state index contributed by atoms with van der Waals surface area (Å²) >= 11 is 11.1. The highest BCUT2D eigenvalue weighted by atomic mass is 32.1. The van der Waals surface area contributed by atoms with Crippen LogP contribution in [0.1, 0.15) is 64.2 Å². The second-order valence-corrected chi connectivity index (χ2v) is 9.14. The average molecular weight is 412 g/mol. The second kappa shape index (κ2) is 11.4. The molecule has 0 aromatic carbocycles. The molecule has 3 aliphatic rings. The van der Waals surface area contributed by atoms with Crippen molar-refractivity contribution < 1.29 is 0 Å². The number of hydrogen-bond donors (Lipinski definition) is 3. The van der Waals surface area contributed by atoms with Crippen LogP contribution in [0.2, 0.25) is 0 Å². The highest BCUT2D eigenvalue weighted by molar-refractivity contribution is 7.80. The van der Waals surface area contributed by atoms with Gasteiger partial charge in [0.25, 0.3) is 0 Å². The average Bonchev–Trinajstić information content (AvgIpc) is 2.70. The largest absolute Gasteiger partial charge is 0.361 e. The van der Waals surface area contributed by atoms with Gasteiger partial charge in [-0.25, -0.2) is 0 Å². The molecule has 0 amide bonds. The number of thiocarbonyl (C=S) groups is 2. The molecule has 0 spiro atoms. The minimum absolute atomic E-state index is 0.583. The first-order valence-electron chi connectivity index (χ1n) is 11.0. The predicted octanol–water partition coefficient (Wildman–Crippen LogP) is 2.61. The molecule has 2 aliphatic carbocycles. The summed E-state index contributed by atoms with van der Waals surface area (Å²) in [7, 11) is 0. The van der Waals surface area contributed by atoms with Crippen LogP contribution in [-0.4, -0.2) is 71.4 Å². The molecular formula is C20H37N5S2. The van der Waals surface area contributed by atoms with Gasteiger partial charge in [-0.3, -0.25) is 4.90 Å². The van der Waals surface area contributed by atoms with Gasteiger partial charge in [-0.1, -0.05) is 38.5 Å². The Hall–Kier alpha value is -0.660. The molecule has 0 bridgehead atoms. The van der Waals surface area contributed by atoms with Crippen LogP contribution in [-0.2, 0) is 0 Å². The minimum atomic E-state index is 0.583. The van der Waals surface area contributed by atoms with Gasteiger partial charge in [0.05, 0.1) is 0 Å². The van der Waals surface area contributed by atoms with E-state index in [0.29, 0.717) is 12.1 Å². The summed E-state index contributed by atoms with van der Waals surface area (Å²) in [6.07, 6.45) is 13.2. The molecule has 1 aliphatic heterocycles. The fourth-order valence-electron chi connectivity index (χ4n) is 4.50. The monoisotopic (exact) mass is 411 g/mol. The van der Waals surface area contributed by atoms with E-state index in [-0.39, 0.29) is 0 Å². The molecule has 3 N–H and O–H groups in total. The summed E-state index contributed by atoms with van der Waals surface area (Å²) in [5.41, 5.74) is 0. The fraction of sp³-hybridized carbons (Fsp3) is 0.900. The summed E-state index contributed by atoms with van der Waals surface area (Å²) in [6.45, 7) is 6.19. The van der Waals surface area contributed by atoms with Crippen LogP contribution in [0.25, 0.3) is 0 Å². The van der Waals surface area contributed by atoms with Crippen molar-refractivity contribution in [3.8, 4) is 0 Å². The maximum atomic E-state index is 5.65. The Bertz CT molecular complexity index is 464. The zero-order chi connectivity index (χ0) is 18.9. The van der Waals surface area contributed by atoms with Gasteiger partial charge in [-0.15, -0.1) is 0 Å². The maximum Gasteiger partial charge on any atom is 0.169 e. The van der Waals surface area contributed by atoms with Crippen LogP contribution >= 0.6 is 24.4 Å². The predicted molar refractivity (Wildman–Crippen MR) is 121 cm³/mol. The van der Waals surface area contributed by atoms with Crippen LogP contribution in [0.3, 0.4) is 0 Å². The van der Waals surface area contributed by atoms with Crippen LogP contribution in [0.4, 0.5) is 0 Å². The van der Waals surface area contributed by atoms with Gasteiger partial charge in [0.2, 0.25) is 0 Å². The van der Waals surface area contributed by atoms with E-state index in [9.17, 15) is 0 Å². The lowest BCUT2D eigenvalue weighted by molar-refractivity contribution is 0.182. The molecule has 0 radical (unpaired) electrons. The van der Waals surface area contributed by atoms with Crippen molar-refractivity contribution in [2.75, 3.05) is 39.3 Å². The molecule has 1 heterocycles. The van der Waals surface area contributed by atoms with E-state index < -0.39 is 0 Å². The Labute approximate surface area is 176 Å². The maximum absolute atomic E-state index is 5.65. The van der Waals surface area contributed by atoms with E-state index in [1.165, 1.54) is 64.2 Å². The van der Waals surface area contributed by atoms with Gasteiger partial charge in [0.1, 0.15) is 0 Å². The summed E-state index contributed by atoms with van der Waals surface area (Å²) in [6, 6.07) is 1.19. The Balaban J connectivity index is 1.25. The molecule has 2 saturated carbocycles. The normalized spacial score (nSPS) is 23.0. The zero-order valence-corrected chi connectivity index (χ0v) is 18.3. The van der Waals surface area contributed by atoms with Gasteiger partial charge < -0.3 is 20.9 Å². The van der Waals surface area contributed by atoms with Crippen molar-refractivity contribution in [1.29, 1.82) is 0 Å². The second-order valence-electron chi connectivity index (χ2n) is 8.35. The molecule has 1 saturated heterocycles. The first-order valence-corrected chi connectivity index (χ1v) is 11.8. The number of nitrogens with one attached hydrogen (secondary N) is 3. The molecule has 27 heavy (non-hydrogen) atoms. The standard InChI is InChI=1S/C20H37N5S2/c26-19(22-17-7-3-1-4-8-17)21-11-12-24-13-15-25(16-14-24)20(27)23-18-9-5-2-6-10-18/h17-18H,1-16H2,(H,23,27)(H2,21,22,26). The van der Waals surface area contributed by atoms with E-state index in [4.69, 9.17) is 24.4 Å². The molecule has 5 nitrogen and oxygen atoms in total. The molecule has 0 atom stereocenters. The van der Waals surface area contributed by atoms with Gasteiger partial charge in [0.15, 0.2) is 10.2 Å². The highest BCUT2D eigenvalue weighted by Gasteiger charge is 2.21. The van der Waals surface area contributed by atoms with E-state index in [0.717, 1.165) is 49.5 Å². The molecule has 0 unspecified atom stereocenters. The molecule has 0 aromatic heterocycles. The van der Waals surface area contributed by atoms with Crippen molar-refractivity contribution in [1.82, 2.24) is 25.8 Å². The van der Waals surface area contributed by atoms with Crippen LogP contribution < -0.4 is 16.0 Å². The molecule has 3 fully saturated rings. The van der Waals surface area contributed by atoms with Gasteiger partial charge in [-0.2, -0.15) is 0 Å². The Morgan fingerprint density at radius 2 is 1.30 bits per heavy atom. The molecule has 0 aromatic rings. The molecule has 7 heteroatoms. The van der Waals surface area contributed by atoms with Crippen molar-refractivity contribution >= 4 is 34.7 Å². The third-order valence-corrected chi connectivity index (χ3v) is 6.88. The summed E-state index contributed by atoms with van der Waals surface area (Å²) in [5.74, 6) is 0. The van der Waals surface area contributed by atoms with E-state index in [1.54, 1.807) is 0 Å². The highest BCUT2D eigenvalue weighted by Crippen LogP contribution is 2.18. The Morgan fingerprint density at radius 1 is 0.741 bits per heavy atom. The lowest BCUT2D eigenvalue weighted by Gasteiger charge is -2.37. The number of rotatable bonds is 5. The fourth-order valence-corrected chi connectivity index (χ4v) is 5.12. The third-order valence-electron chi connectivity index (χ3n) is 6.25. The lowest BCUT2D eigenvalue weighted by Crippen LogP contribution is -2.54. The molecule has 3 rings (SSSR count). The van der Waals surface area contributed by atoms with Crippen LogP contribution in [0.5, 0.6) is 0 Å². The van der Waals surface area contributed by atoms with Gasteiger partial charge in [-0.05, 0) is 50.1 Å². The van der Waals surface area contributed by atoms with E-state index >= 15 is 0 Å². The Morgan fingerprint density at radius 3 is 1.89 bits per heavy atom. The summed E-state index contributed by atoms with van der Waals surface area (Å²) in [5, 5.41) is 12.3. The number of nitrogens with zero attached hydrogens (tertiary/aromatic N) is 2. The van der Waals surface area contributed by atoms with Crippen molar-refractivity contribution in [2.24, 2.45) is 0 Å². The molecule has 154 valence electrons. The van der Waals surface area contributed by atoms with Crippen molar-refractivity contribution in [2.45, 2.75) is 76.3 Å². The number of piperazine rings is 1. The minimum Gasteiger partial charge on any atom is -0.361 e. The van der Waals surface area contributed by atoms with Crippen LogP contribution in [0.15, 0.2) is 0 Å². The smallest absolute Gasteiger partial charge is 0.169 e. The van der Waals surface area contributed by atoms with Gasteiger partial charge >= 0.3 is 0 Å². The topological polar surface area (TPSA) is 42.6 Å². The first-order chi connectivity index (χ1) is 13.2. The lowest BCUT2D eigenvalue weighted by atomic mass is 9.96. The van der Waals surface area contributed by atoms with Crippen molar-refractivity contribution in [3.63, 3.8) is 0 Å². The SMILES string of the molecule is S=C(NCCN1CCN(C(=S)NC2CCCCC2)CC1)NC1CCCCC1. The third kappa shape index (κ3) is 7.35. The molecular weight excluding hydrogens is 374 g/mol. The van der Waals surface area contributed by atoms with E-state index in [1.807, 2.05) is 0 Å². The first kappa shape index (κ1) is 21.1. The zero-order valence-electron chi connectivity index (χ0n) is 16.7. The van der Waals surface area contributed by atoms with Crippen LogP contribution in [0, 0.1) is 0 Å². The van der Waals surface area contributed by atoms with Gasteiger partial charge in [0, 0.05) is 51.4 Å². The van der Waals surface area contributed by atoms with Crippen molar-refractivity contribution in [3.05, 3.63) is 0 Å². The Kier molecular flexibility index (Phi) is 8.87. The number of hydrogen-bond acceptors (Lipinski definition) is 3. The summed E-state index contributed by atoms with van der Waals surface area (Å²) < 4.78 is 0. The summed E-state index contributed by atoms with van der Waals surface area (Å²) in [4.78, 5) is 4.86. The van der Waals surface area contributed by atoms with E-state index in [2.05, 4.69) is 25.8 Å².